The Labute approximate surface area is 159 Å². The molecule has 1 unspecified atom stereocenters. The van der Waals surface area contributed by atoms with Gasteiger partial charge in [0, 0.05) is 5.56 Å². The first-order valence-corrected chi connectivity index (χ1v) is 8.91. The number of benzene rings is 1. The van der Waals surface area contributed by atoms with Crippen LogP contribution in [0.5, 0.6) is 0 Å². The largest absolute Gasteiger partial charge is 0.342 e. The van der Waals surface area contributed by atoms with Gasteiger partial charge in [-0.15, -0.1) is 6.42 Å². The molecule has 0 aliphatic carbocycles. The molecule has 1 saturated heterocycles. The molecule has 0 saturated carbocycles. The molecule has 0 bridgehead atoms. The maximum atomic E-state index is 12.6. The fourth-order valence-electron chi connectivity index (χ4n) is 2.96. The van der Waals surface area contributed by atoms with Crippen molar-refractivity contribution in [3.8, 4) is 12.3 Å². The van der Waals surface area contributed by atoms with Crippen molar-refractivity contribution in [3.05, 3.63) is 33.3 Å². The number of halogens is 2. The minimum Gasteiger partial charge on any atom is -0.330 e. The predicted octanol–water partition coefficient (Wildman–Crippen LogP) is 3.70. The van der Waals surface area contributed by atoms with Crippen LogP contribution >= 0.6 is 23.2 Å². The third-order valence-corrected chi connectivity index (χ3v) is 5.39. The van der Waals surface area contributed by atoms with E-state index < -0.39 is 0 Å². The second kappa shape index (κ2) is 8.77. The van der Waals surface area contributed by atoms with E-state index in [1.54, 1.807) is 12.1 Å². The number of nitrogens with zero attached hydrogens (tertiary/aromatic N) is 2. The van der Waals surface area contributed by atoms with E-state index in [0.29, 0.717) is 21.2 Å². The van der Waals surface area contributed by atoms with E-state index in [4.69, 9.17) is 34.5 Å². The second-order valence-corrected chi connectivity index (χ2v) is 6.94. The maximum absolute atomic E-state index is 12.6. The zero-order valence-corrected chi connectivity index (χ0v) is 16.2. The van der Waals surface area contributed by atoms with Gasteiger partial charge in [0.05, 0.1) is 29.2 Å². The highest BCUT2D eigenvalue weighted by molar-refractivity contribution is 6.43. The number of hydrogen-bond acceptors (Lipinski definition) is 3. The van der Waals surface area contributed by atoms with Gasteiger partial charge in [-0.1, -0.05) is 35.2 Å². The molecule has 1 N–H and O–H groups in total. The van der Waals surface area contributed by atoms with Gasteiger partial charge in [0.15, 0.2) is 0 Å². The standard InChI is InChI=1S/C18H23Cl2N3O2/c1-5-13-6-7-15(17(20)16(13)19)12(2)21-18(24)23(25-4)14-8-10-22(3)11-9-14/h1,6-7,12,14H,8-11H2,2-4H3,(H,21,24). The van der Waals surface area contributed by atoms with Crippen molar-refractivity contribution in [2.75, 3.05) is 27.2 Å². The Morgan fingerprint density at radius 3 is 2.60 bits per heavy atom. The Hall–Kier alpha value is -1.45. The number of hydrogen-bond donors (Lipinski definition) is 1. The van der Waals surface area contributed by atoms with E-state index in [-0.39, 0.29) is 18.1 Å². The van der Waals surface area contributed by atoms with E-state index in [1.165, 1.54) is 12.2 Å². The van der Waals surface area contributed by atoms with Crippen molar-refractivity contribution >= 4 is 29.2 Å². The summed E-state index contributed by atoms with van der Waals surface area (Å²) in [6, 6.07) is 2.92. The predicted molar refractivity (Wildman–Crippen MR) is 101 cm³/mol. The molecule has 25 heavy (non-hydrogen) atoms. The third kappa shape index (κ3) is 4.59. The number of likely N-dealkylation sites (tertiary alicyclic amines) is 1. The van der Waals surface area contributed by atoms with Crippen LogP contribution in [-0.2, 0) is 4.84 Å². The summed E-state index contributed by atoms with van der Waals surface area (Å²) in [6.45, 7) is 3.71. The molecule has 0 aromatic heterocycles. The van der Waals surface area contributed by atoms with E-state index in [1.807, 2.05) is 6.92 Å². The second-order valence-electron chi connectivity index (χ2n) is 6.19. The van der Waals surface area contributed by atoms with Gasteiger partial charge in [-0.25, -0.2) is 9.86 Å². The first-order valence-electron chi connectivity index (χ1n) is 8.15. The Morgan fingerprint density at radius 2 is 2.04 bits per heavy atom. The number of carbonyl (C=O) groups excluding carboxylic acids is 1. The van der Waals surface area contributed by atoms with Gasteiger partial charge in [-0.3, -0.25) is 4.84 Å². The molecule has 1 atom stereocenters. The zero-order valence-electron chi connectivity index (χ0n) is 14.7. The topological polar surface area (TPSA) is 44.8 Å². The molecule has 1 fully saturated rings. The van der Waals surface area contributed by atoms with Gasteiger partial charge in [0.1, 0.15) is 0 Å². The monoisotopic (exact) mass is 383 g/mol. The molecule has 2 rings (SSSR count). The first-order chi connectivity index (χ1) is 11.9. The minimum absolute atomic E-state index is 0.0521. The highest BCUT2D eigenvalue weighted by Crippen LogP contribution is 2.32. The lowest BCUT2D eigenvalue weighted by molar-refractivity contribution is -0.127. The zero-order chi connectivity index (χ0) is 18.6. The molecule has 0 spiro atoms. The smallest absolute Gasteiger partial charge is 0.330 e. The Balaban J connectivity index is 2.08. The average Bonchev–Trinajstić information content (AvgIpc) is 2.59. The lowest BCUT2D eigenvalue weighted by Crippen LogP contribution is -2.50. The van der Waals surface area contributed by atoms with Crippen LogP contribution in [0.25, 0.3) is 0 Å². The van der Waals surface area contributed by atoms with Crippen LogP contribution in [0, 0.1) is 12.3 Å². The molecule has 1 heterocycles. The van der Waals surface area contributed by atoms with Gasteiger partial charge in [-0.2, -0.15) is 0 Å². The highest BCUT2D eigenvalue weighted by atomic mass is 35.5. The number of carbonyl (C=O) groups is 1. The van der Waals surface area contributed by atoms with Gasteiger partial charge in [0.25, 0.3) is 0 Å². The van der Waals surface area contributed by atoms with Gasteiger partial charge in [-0.05, 0) is 51.5 Å². The summed E-state index contributed by atoms with van der Waals surface area (Å²) < 4.78 is 0. The van der Waals surface area contributed by atoms with Crippen LogP contribution in [0.4, 0.5) is 4.79 Å². The Bertz CT molecular complexity index is 667. The molecular formula is C18H23Cl2N3O2. The molecule has 5 nitrogen and oxygen atoms in total. The van der Waals surface area contributed by atoms with E-state index in [2.05, 4.69) is 23.2 Å². The number of terminal acetylenes is 1. The summed E-state index contributed by atoms with van der Waals surface area (Å²) in [6.07, 6.45) is 7.13. The number of urea groups is 1. The maximum Gasteiger partial charge on any atom is 0.342 e. The molecule has 1 aromatic carbocycles. The Kier molecular flexibility index (Phi) is 6.97. The molecule has 1 aliphatic heterocycles. The van der Waals surface area contributed by atoms with Crippen LogP contribution in [-0.4, -0.2) is 49.3 Å². The molecule has 2 amide bonds. The lowest BCUT2D eigenvalue weighted by atomic mass is 10.0. The molecule has 1 aliphatic rings. The number of nitrogens with one attached hydrogen (secondary N) is 1. The molecule has 136 valence electrons. The quantitative estimate of drug-likeness (QED) is 0.636. The highest BCUT2D eigenvalue weighted by Gasteiger charge is 2.28. The van der Waals surface area contributed by atoms with E-state index in [9.17, 15) is 4.79 Å². The number of rotatable bonds is 4. The summed E-state index contributed by atoms with van der Waals surface area (Å²) in [5.74, 6) is 2.48. The van der Waals surface area contributed by atoms with Crippen molar-refractivity contribution in [1.82, 2.24) is 15.3 Å². The van der Waals surface area contributed by atoms with Gasteiger partial charge < -0.3 is 10.2 Å². The van der Waals surface area contributed by atoms with E-state index >= 15 is 0 Å². The van der Waals surface area contributed by atoms with Gasteiger partial charge in [0.2, 0.25) is 0 Å². The van der Waals surface area contributed by atoms with Crippen molar-refractivity contribution in [3.63, 3.8) is 0 Å². The minimum atomic E-state index is -0.340. The summed E-state index contributed by atoms with van der Waals surface area (Å²) >= 11 is 12.5. The van der Waals surface area contributed by atoms with Crippen molar-refractivity contribution < 1.29 is 9.63 Å². The molecule has 7 heteroatoms. The number of amides is 2. The average molecular weight is 384 g/mol. The lowest BCUT2D eigenvalue weighted by Gasteiger charge is -2.35. The number of hydroxylamine groups is 2. The Morgan fingerprint density at radius 1 is 1.40 bits per heavy atom. The molecular weight excluding hydrogens is 361 g/mol. The third-order valence-electron chi connectivity index (χ3n) is 4.49. The SMILES string of the molecule is C#Cc1ccc(C(C)NC(=O)N(OC)C2CCN(C)CC2)c(Cl)c1Cl. The van der Waals surface area contributed by atoms with Crippen molar-refractivity contribution in [1.29, 1.82) is 0 Å². The van der Waals surface area contributed by atoms with E-state index in [0.717, 1.165) is 25.9 Å². The molecule has 0 radical (unpaired) electrons. The first kappa shape index (κ1) is 19.9. The van der Waals surface area contributed by atoms with Gasteiger partial charge >= 0.3 is 6.03 Å². The molecule has 1 aromatic rings. The van der Waals surface area contributed by atoms with Crippen LogP contribution in [0.15, 0.2) is 12.1 Å². The van der Waals surface area contributed by atoms with Crippen LogP contribution < -0.4 is 5.32 Å². The fourth-order valence-corrected chi connectivity index (χ4v) is 3.52. The fraction of sp³-hybridized carbons (Fsp3) is 0.500. The summed E-state index contributed by atoms with van der Waals surface area (Å²) in [4.78, 5) is 20.2. The van der Waals surface area contributed by atoms with Crippen molar-refractivity contribution in [2.45, 2.75) is 31.8 Å². The van der Waals surface area contributed by atoms with Crippen molar-refractivity contribution in [2.24, 2.45) is 0 Å². The summed E-state index contributed by atoms with van der Waals surface area (Å²) in [5.41, 5.74) is 1.23. The summed E-state index contributed by atoms with van der Waals surface area (Å²) in [7, 11) is 3.58. The van der Waals surface area contributed by atoms with Crippen LogP contribution in [0.1, 0.15) is 36.9 Å². The normalized spacial score (nSPS) is 17.0. The van der Waals surface area contributed by atoms with Crippen LogP contribution in [0.3, 0.4) is 0 Å². The van der Waals surface area contributed by atoms with Crippen LogP contribution in [0.2, 0.25) is 10.0 Å². The number of piperidine rings is 1. The summed E-state index contributed by atoms with van der Waals surface area (Å²) in [5, 5.41) is 5.00.